The normalized spacial score (nSPS) is 16.0. The number of ether oxygens (including phenoxy) is 1. The second kappa shape index (κ2) is 9.15. The highest BCUT2D eigenvalue weighted by Crippen LogP contribution is 2.27. The van der Waals surface area contributed by atoms with E-state index in [2.05, 4.69) is 12.2 Å². The molecule has 1 saturated heterocycles. The smallest absolute Gasteiger partial charge is 0.321 e. The summed E-state index contributed by atoms with van der Waals surface area (Å²) < 4.78 is 5.76. The van der Waals surface area contributed by atoms with Crippen LogP contribution >= 0.6 is 11.8 Å². The van der Waals surface area contributed by atoms with Gasteiger partial charge in [0.25, 0.3) is 0 Å². The second-order valence-corrected chi connectivity index (χ2v) is 7.99. The van der Waals surface area contributed by atoms with E-state index in [-0.39, 0.29) is 6.03 Å². The van der Waals surface area contributed by atoms with Crippen LogP contribution in [-0.2, 0) is 0 Å². The summed E-state index contributed by atoms with van der Waals surface area (Å²) in [5.41, 5.74) is 0.0798. The van der Waals surface area contributed by atoms with Crippen LogP contribution in [0.4, 0.5) is 10.5 Å². The molecule has 0 unspecified atom stereocenters. The second-order valence-electron chi connectivity index (χ2n) is 6.72. The number of benzene rings is 2. The first kappa shape index (κ1) is 19.6. The molecule has 0 spiro atoms. The molecule has 1 aliphatic rings. The molecule has 144 valence electrons. The maximum Gasteiger partial charge on any atom is 0.321 e. The van der Waals surface area contributed by atoms with Crippen molar-refractivity contribution in [1.29, 1.82) is 0 Å². The summed E-state index contributed by atoms with van der Waals surface area (Å²) in [5.74, 6) is 3.23. The maximum atomic E-state index is 12.5. The van der Waals surface area contributed by atoms with E-state index in [4.69, 9.17) is 4.74 Å². The van der Waals surface area contributed by atoms with Gasteiger partial charge in [-0.3, -0.25) is 0 Å². The number of nitrogens with one attached hydrogen (secondary N) is 1. The Morgan fingerprint density at radius 3 is 2.37 bits per heavy atom. The summed E-state index contributed by atoms with van der Waals surface area (Å²) in [5, 5.41) is 13.5. The molecule has 27 heavy (non-hydrogen) atoms. The molecule has 3 rings (SSSR count). The number of hydrogen-bond donors (Lipinski definition) is 2. The van der Waals surface area contributed by atoms with Crippen LogP contribution in [0.3, 0.4) is 0 Å². The molecular weight excluding hydrogens is 360 g/mol. The number of carbonyl (C=O) groups excluding carboxylic acids is 1. The molecule has 0 aromatic heterocycles. The van der Waals surface area contributed by atoms with E-state index in [0.717, 1.165) is 28.7 Å². The summed E-state index contributed by atoms with van der Waals surface area (Å²) >= 11 is 1.75. The number of piperidine rings is 1. The van der Waals surface area contributed by atoms with Crippen LogP contribution in [0.15, 0.2) is 54.6 Å². The van der Waals surface area contributed by atoms with Crippen LogP contribution < -0.4 is 10.1 Å². The van der Waals surface area contributed by atoms with Crippen molar-refractivity contribution in [3.8, 4) is 11.5 Å². The number of likely N-dealkylation sites (tertiary alicyclic amines) is 1. The summed E-state index contributed by atoms with van der Waals surface area (Å²) in [4.78, 5) is 14.2. The number of nitrogens with zero attached hydrogens (tertiary/aromatic N) is 1. The number of thioether (sulfide) groups is 1. The third-order valence-corrected chi connectivity index (χ3v) is 5.79. The Balaban J connectivity index is 1.50. The summed E-state index contributed by atoms with van der Waals surface area (Å²) in [6.45, 7) is 3.23. The largest absolute Gasteiger partial charge is 0.457 e. The first-order valence-electron chi connectivity index (χ1n) is 9.27. The van der Waals surface area contributed by atoms with Crippen molar-refractivity contribution < 1.29 is 14.6 Å². The number of urea groups is 1. The molecule has 5 nitrogen and oxygen atoms in total. The van der Waals surface area contributed by atoms with Gasteiger partial charge in [0, 0.05) is 24.5 Å². The number of amides is 2. The highest BCUT2D eigenvalue weighted by atomic mass is 32.2. The Morgan fingerprint density at radius 2 is 1.74 bits per heavy atom. The molecule has 2 amide bonds. The Hall–Kier alpha value is -2.18. The standard InChI is InChI=1S/C21H26N2O3S/c1-2-27-16-21(25)12-14-23(15-13-21)20(24)22-17-8-10-19(11-9-17)26-18-6-4-3-5-7-18/h3-11,25H,2,12-16H2,1H3,(H,22,24). The average molecular weight is 387 g/mol. The third-order valence-electron chi connectivity index (χ3n) is 4.64. The molecule has 1 heterocycles. The monoisotopic (exact) mass is 386 g/mol. The summed E-state index contributed by atoms with van der Waals surface area (Å²) in [6, 6.07) is 16.8. The van der Waals surface area contributed by atoms with Crippen molar-refractivity contribution in [3.63, 3.8) is 0 Å². The fraction of sp³-hybridized carbons (Fsp3) is 0.381. The topological polar surface area (TPSA) is 61.8 Å². The number of para-hydroxylation sites is 1. The lowest BCUT2D eigenvalue weighted by Crippen LogP contribution is -2.49. The van der Waals surface area contributed by atoms with Gasteiger partial charge in [-0.15, -0.1) is 0 Å². The molecule has 2 aromatic rings. The van der Waals surface area contributed by atoms with Gasteiger partial charge in [0.05, 0.1) is 5.60 Å². The van der Waals surface area contributed by atoms with Gasteiger partial charge in [0.1, 0.15) is 11.5 Å². The van der Waals surface area contributed by atoms with E-state index in [0.29, 0.717) is 25.9 Å². The number of anilines is 1. The van der Waals surface area contributed by atoms with Crippen molar-refractivity contribution in [1.82, 2.24) is 4.90 Å². The van der Waals surface area contributed by atoms with Crippen LogP contribution in [0.25, 0.3) is 0 Å². The number of rotatable bonds is 6. The molecule has 0 atom stereocenters. The molecule has 1 fully saturated rings. The lowest BCUT2D eigenvalue weighted by molar-refractivity contribution is 0.00999. The zero-order chi connectivity index (χ0) is 19.1. The van der Waals surface area contributed by atoms with Gasteiger partial charge in [-0.2, -0.15) is 11.8 Å². The number of hydrogen-bond acceptors (Lipinski definition) is 4. The lowest BCUT2D eigenvalue weighted by atomic mass is 9.94. The maximum absolute atomic E-state index is 12.5. The van der Waals surface area contributed by atoms with Crippen LogP contribution in [0, 0.1) is 0 Å². The highest BCUT2D eigenvalue weighted by Gasteiger charge is 2.33. The molecule has 6 heteroatoms. The van der Waals surface area contributed by atoms with E-state index in [1.54, 1.807) is 16.7 Å². The summed E-state index contributed by atoms with van der Waals surface area (Å²) in [6.07, 6.45) is 1.24. The van der Waals surface area contributed by atoms with Crippen molar-refractivity contribution in [2.24, 2.45) is 0 Å². The lowest BCUT2D eigenvalue weighted by Gasteiger charge is -2.38. The van der Waals surface area contributed by atoms with Gasteiger partial charge < -0.3 is 20.1 Å². The number of carbonyl (C=O) groups is 1. The van der Waals surface area contributed by atoms with Gasteiger partial charge in [0.15, 0.2) is 0 Å². The van der Waals surface area contributed by atoms with Crippen LogP contribution in [0.2, 0.25) is 0 Å². The van der Waals surface area contributed by atoms with E-state index in [1.165, 1.54) is 0 Å². The van der Waals surface area contributed by atoms with Crippen molar-refractivity contribution in [3.05, 3.63) is 54.6 Å². The Morgan fingerprint density at radius 1 is 1.11 bits per heavy atom. The minimum atomic E-state index is -0.645. The predicted molar refractivity (Wildman–Crippen MR) is 111 cm³/mol. The zero-order valence-corrected chi connectivity index (χ0v) is 16.4. The summed E-state index contributed by atoms with van der Waals surface area (Å²) in [7, 11) is 0. The quantitative estimate of drug-likeness (QED) is 0.762. The zero-order valence-electron chi connectivity index (χ0n) is 15.6. The van der Waals surface area contributed by atoms with Gasteiger partial charge in [0.2, 0.25) is 0 Å². The van der Waals surface area contributed by atoms with Crippen LogP contribution in [0.5, 0.6) is 11.5 Å². The SMILES string of the molecule is CCSCC1(O)CCN(C(=O)Nc2ccc(Oc3ccccc3)cc2)CC1. The molecule has 1 aliphatic heterocycles. The molecule has 0 bridgehead atoms. The van der Waals surface area contributed by atoms with Gasteiger partial charge in [-0.1, -0.05) is 25.1 Å². The van der Waals surface area contributed by atoms with Crippen LogP contribution in [0.1, 0.15) is 19.8 Å². The third kappa shape index (κ3) is 5.65. The van der Waals surface area contributed by atoms with E-state index in [1.807, 2.05) is 54.6 Å². The molecule has 0 saturated carbocycles. The van der Waals surface area contributed by atoms with E-state index in [9.17, 15) is 9.90 Å². The van der Waals surface area contributed by atoms with Gasteiger partial charge in [-0.25, -0.2) is 4.79 Å². The van der Waals surface area contributed by atoms with E-state index < -0.39 is 5.60 Å². The molecule has 2 N–H and O–H groups in total. The van der Waals surface area contributed by atoms with Crippen molar-refractivity contribution >= 4 is 23.5 Å². The molecule has 2 aromatic carbocycles. The van der Waals surface area contributed by atoms with Crippen molar-refractivity contribution in [2.75, 3.05) is 29.9 Å². The molecule has 0 radical (unpaired) electrons. The highest BCUT2D eigenvalue weighted by molar-refractivity contribution is 7.99. The fourth-order valence-electron chi connectivity index (χ4n) is 3.00. The van der Waals surface area contributed by atoms with Gasteiger partial charge >= 0.3 is 6.03 Å². The molecule has 0 aliphatic carbocycles. The fourth-order valence-corrected chi connectivity index (χ4v) is 3.87. The average Bonchev–Trinajstić information content (AvgIpc) is 2.69. The Labute approximate surface area is 164 Å². The Kier molecular flexibility index (Phi) is 6.63. The van der Waals surface area contributed by atoms with Crippen LogP contribution in [-0.4, -0.2) is 46.2 Å². The predicted octanol–water partition coefficient (Wildman–Crippen LogP) is 4.59. The van der Waals surface area contributed by atoms with E-state index >= 15 is 0 Å². The minimum Gasteiger partial charge on any atom is -0.457 e. The van der Waals surface area contributed by atoms with Crippen molar-refractivity contribution in [2.45, 2.75) is 25.4 Å². The first-order valence-corrected chi connectivity index (χ1v) is 10.4. The van der Waals surface area contributed by atoms with Gasteiger partial charge in [-0.05, 0) is 55.0 Å². The first-order chi connectivity index (χ1) is 13.1. The molecular formula is C21H26N2O3S. The minimum absolute atomic E-state index is 0.128. The number of aliphatic hydroxyl groups is 1. The Bertz CT molecular complexity index is 729.